The van der Waals surface area contributed by atoms with Gasteiger partial charge in [0, 0.05) is 6.42 Å². The van der Waals surface area contributed by atoms with E-state index in [2.05, 4.69) is 10.3 Å². The predicted octanol–water partition coefficient (Wildman–Crippen LogP) is 2.29. The Bertz CT molecular complexity index is 569. The molecule has 1 saturated heterocycles. The SMILES string of the molecule is O=C1NC(=NC2CC3CCC2C3)OC1Cc1ccccc1. The maximum atomic E-state index is 12.0. The van der Waals surface area contributed by atoms with Crippen molar-refractivity contribution in [3.05, 3.63) is 35.9 Å². The molecule has 2 saturated carbocycles. The first-order chi connectivity index (χ1) is 10.3. The lowest BCUT2D eigenvalue weighted by Crippen LogP contribution is -2.27. The van der Waals surface area contributed by atoms with E-state index in [-0.39, 0.29) is 5.91 Å². The Labute approximate surface area is 124 Å². The smallest absolute Gasteiger partial charge is 0.292 e. The molecule has 1 aromatic carbocycles. The fourth-order valence-corrected chi connectivity index (χ4v) is 3.95. The van der Waals surface area contributed by atoms with Crippen molar-refractivity contribution in [1.82, 2.24) is 5.32 Å². The van der Waals surface area contributed by atoms with E-state index < -0.39 is 6.10 Å². The molecule has 4 nitrogen and oxygen atoms in total. The van der Waals surface area contributed by atoms with Gasteiger partial charge >= 0.3 is 0 Å². The van der Waals surface area contributed by atoms with Crippen LogP contribution in [0.4, 0.5) is 0 Å². The summed E-state index contributed by atoms with van der Waals surface area (Å²) >= 11 is 0. The summed E-state index contributed by atoms with van der Waals surface area (Å²) in [4.78, 5) is 16.7. The number of hydrogen-bond donors (Lipinski definition) is 1. The van der Waals surface area contributed by atoms with Crippen LogP contribution in [0.5, 0.6) is 0 Å². The van der Waals surface area contributed by atoms with Crippen molar-refractivity contribution in [1.29, 1.82) is 0 Å². The number of hydrogen-bond acceptors (Lipinski definition) is 3. The highest BCUT2D eigenvalue weighted by Crippen LogP contribution is 2.46. The van der Waals surface area contributed by atoms with Gasteiger partial charge in [0.25, 0.3) is 11.9 Å². The molecule has 4 atom stereocenters. The highest BCUT2D eigenvalue weighted by molar-refractivity contribution is 6.02. The molecule has 4 rings (SSSR count). The summed E-state index contributed by atoms with van der Waals surface area (Å²) in [6, 6.07) is 10.8. The Morgan fingerprint density at radius 3 is 2.76 bits per heavy atom. The average Bonchev–Trinajstić information content (AvgIpc) is 3.17. The molecule has 2 bridgehead atoms. The van der Waals surface area contributed by atoms with Crippen molar-refractivity contribution in [3.8, 4) is 0 Å². The van der Waals surface area contributed by atoms with Crippen LogP contribution in [0.25, 0.3) is 0 Å². The Kier molecular flexibility index (Phi) is 3.17. The minimum atomic E-state index is -0.440. The molecule has 1 N–H and O–H groups in total. The minimum Gasteiger partial charge on any atom is -0.451 e. The molecule has 2 aliphatic carbocycles. The molecule has 4 unspecified atom stereocenters. The lowest BCUT2D eigenvalue weighted by molar-refractivity contribution is -0.123. The summed E-state index contributed by atoms with van der Waals surface area (Å²) < 4.78 is 5.74. The number of nitrogens with one attached hydrogen (secondary N) is 1. The number of carbonyl (C=O) groups excluding carboxylic acids is 1. The molecule has 4 heteroatoms. The van der Waals surface area contributed by atoms with Crippen LogP contribution in [-0.4, -0.2) is 24.1 Å². The van der Waals surface area contributed by atoms with Crippen LogP contribution in [0.3, 0.4) is 0 Å². The van der Waals surface area contributed by atoms with Gasteiger partial charge in [-0.15, -0.1) is 0 Å². The first-order valence-corrected chi connectivity index (χ1v) is 7.87. The Hall–Kier alpha value is -1.84. The second kappa shape index (κ2) is 5.17. The van der Waals surface area contributed by atoms with Gasteiger partial charge in [-0.25, -0.2) is 4.99 Å². The van der Waals surface area contributed by atoms with E-state index in [4.69, 9.17) is 4.74 Å². The van der Waals surface area contributed by atoms with E-state index in [0.717, 1.165) is 17.9 Å². The summed E-state index contributed by atoms with van der Waals surface area (Å²) in [6.07, 6.45) is 5.27. The van der Waals surface area contributed by atoms with Crippen molar-refractivity contribution in [2.24, 2.45) is 16.8 Å². The van der Waals surface area contributed by atoms with Crippen molar-refractivity contribution in [2.45, 2.75) is 44.2 Å². The second-order valence-corrected chi connectivity index (χ2v) is 6.46. The molecular weight excluding hydrogens is 264 g/mol. The number of benzene rings is 1. The Balaban J connectivity index is 1.42. The normalized spacial score (nSPS) is 36.0. The molecule has 1 aliphatic heterocycles. The predicted molar refractivity (Wildman–Crippen MR) is 79.8 cm³/mol. The number of nitrogens with zero attached hydrogens (tertiary/aromatic N) is 1. The first kappa shape index (κ1) is 12.9. The quantitative estimate of drug-likeness (QED) is 0.926. The van der Waals surface area contributed by atoms with Gasteiger partial charge < -0.3 is 4.74 Å². The molecule has 1 heterocycles. The number of rotatable bonds is 3. The lowest BCUT2D eigenvalue weighted by atomic mass is 9.96. The molecule has 110 valence electrons. The molecule has 3 aliphatic rings. The van der Waals surface area contributed by atoms with Gasteiger partial charge in [-0.05, 0) is 36.7 Å². The van der Waals surface area contributed by atoms with E-state index in [0.29, 0.717) is 24.4 Å². The summed E-state index contributed by atoms with van der Waals surface area (Å²) in [6.45, 7) is 0. The average molecular weight is 284 g/mol. The summed E-state index contributed by atoms with van der Waals surface area (Å²) in [5.74, 6) is 1.48. The van der Waals surface area contributed by atoms with Crippen LogP contribution in [0, 0.1) is 11.8 Å². The second-order valence-electron chi connectivity index (χ2n) is 6.46. The number of amides is 1. The number of aliphatic imine (C=N–C) groups is 1. The highest BCUT2D eigenvalue weighted by Gasteiger charge is 2.41. The van der Waals surface area contributed by atoms with Gasteiger partial charge in [0.05, 0.1) is 6.04 Å². The van der Waals surface area contributed by atoms with Crippen LogP contribution in [0.15, 0.2) is 35.3 Å². The van der Waals surface area contributed by atoms with Gasteiger partial charge in [-0.3, -0.25) is 10.1 Å². The number of amidine groups is 1. The fraction of sp³-hybridized carbons (Fsp3) is 0.529. The van der Waals surface area contributed by atoms with Crippen molar-refractivity contribution in [3.63, 3.8) is 0 Å². The molecule has 3 fully saturated rings. The molecule has 0 aromatic heterocycles. The Morgan fingerprint density at radius 2 is 2.05 bits per heavy atom. The van der Waals surface area contributed by atoms with E-state index >= 15 is 0 Å². The van der Waals surface area contributed by atoms with Crippen LogP contribution in [-0.2, 0) is 16.0 Å². The van der Waals surface area contributed by atoms with Gasteiger partial charge in [0.1, 0.15) is 0 Å². The van der Waals surface area contributed by atoms with Crippen LogP contribution in [0.2, 0.25) is 0 Å². The van der Waals surface area contributed by atoms with Gasteiger partial charge in [0.2, 0.25) is 0 Å². The van der Waals surface area contributed by atoms with Gasteiger partial charge in [-0.2, -0.15) is 0 Å². The fourth-order valence-electron chi connectivity index (χ4n) is 3.95. The zero-order valence-corrected chi connectivity index (χ0v) is 12.0. The topological polar surface area (TPSA) is 50.7 Å². The van der Waals surface area contributed by atoms with Crippen LogP contribution >= 0.6 is 0 Å². The maximum Gasteiger partial charge on any atom is 0.292 e. The zero-order chi connectivity index (χ0) is 14.2. The van der Waals surface area contributed by atoms with E-state index in [1.165, 1.54) is 19.3 Å². The van der Waals surface area contributed by atoms with Crippen molar-refractivity contribution >= 4 is 11.9 Å². The third-order valence-electron chi connectivity index (χ3n) is 5.02. The van der Waals surface area contributed by atoms with Gasteiger partial charge in [-0.1, -0.05) is 36.8 Å². The summed E-state index contributed by atoms with van der Waals surface area (Å²) in [5.41, 5.74) is 1.11. The largest absolute Gasteiger partial charge is 0.451 e. The molecule has 1 amide bonds. The maximum absolute atomic E-state index is 12.0. The van der Waals surface area contributed by atoms with E-state index in [1.807, 2.05) is 30.3 Å². The molecule has 0 spiro atoms. The summed E-state index contributed by atoms with van der Waals surface area (Å²) in [5, 5.41) is 2.80. The molecule has 0 radical (unpaired) electrons. The highest BCUT2D eigenvalue weighted by atomic mass is 16.5. The van der Waals surface area contributed by atoms with E-state index in [9.17, 15) is 4.79 Å². The number of fused-ring (bicyclic) bond motifs is 2. The third kappa shape index (κ3) is 2.55. The molecule has 21 heavy (non-hydrogen) atoms. The Morgan fingerprint density at radius 1 is 1.19 bits per heavy atom. The third-order valence-corrected chi connectivity index (χ3v) is 5.02. The number of ether oxygens (including phenoxy) is 1. The molecule has 1 aromatic rings. The standard InChI is InChI=1S/C17H20N2O2/c20-16-15(10-11-4-2-1-3-5-11)21-17(19-16)18-14-9-12-6-7-13(14)8-12/h1-5,12-15H,6-10H2,(H,18,19,20). The monoisotopic (exact) mass is 284 g/mol. The number of carbonyl (C=O) groups is 1. The first-order valence-electron chi connectivity index (χ1n) is 7.87. The molecular formula is C17H20N2O2. The van der Waals surface area contributed by atoms with Crippen molar-refractivity contribution < 1.29 is 9.53 Å². The van der Waals surface area contributed by atoms with Gasteiger partial charge in [0.15, 0.2) is 6.10 Å². The van der Waals surface area contributed by atoms with Crippen LogP contribution in [0.1, 0.15) is 31.2 Å². The van der Waals surface area contributed by atoms with Crippen molar-refractivity contribution in [2.75, 3.05) is 0 Å². The zero-order valence-electron chi connectivity index (χ0n) is 12.0. The lowest BCUT2D eigenvalue weighted by Gasteiger charge is -2.17. The minimum absolute atomic E-state index is 0.0687. The summed E-state index contributed by atoms with van der Waals surface area (Å²) in [7, 11) is 0. The van der Waals surface area contributed by atoms with E-state index in [1.54, 1.807) is 0 Å². The van der Waals surface area contributed by atoms with Crippen LogP contribution < -0.4 is 5.32 Å².